The van der Waals surface area contributed by atoms with Gasteiger partial charge in [-0.15, -0.1) is 0 Å². The molecule has 0 bridgehead atoms. The van der Waals surface area contributed by atoms with Gasteiger partial charge in [-0.05, 0) is 73.6 Å². The van der Waals surface area contributed by atoms with Crippen LogP contribution in [0.2, 0.25) is 0 Å². The Labute approximate surface area is 168 Å². The van der Waals surface area contributed by atoms with Crippen LogP contribution in [0, 0.1) is 13.8 Å². The highest BCUT2D eigenvalue weighted by Gasteiger charge is 2.21. The van der Waals surface area contributed by atoms with Crippen LogP contribution in [0.3, 0.4) is 0 Å². The first-order chi connectivity index (χ1) is 12.4. The summed E-state index contributed by atoms with van der Waals surface area (Å²) in [5.74, 6) is 1.47. The summed E-state index contributed by atoms with van der Waals surface area (Å²) in [5, 5.41) is 0. The molecule has 0 aromatic heterocycles. The summed E-state index contributed by atoms with van der Waals surface area (Å²) in [7, 11) is -4.18. The van der Waals surface area contributed by atoms with Crippen LogP contribution in [0.4, 0.5) is 0 Å². The molecule has 2 aromatic rings. The van der Waals surface area contributed by atoms with Crippen LogP contribution in [0.25, 0.3) is 0 Å². The van der Waals surface area contributed by atoms with E-state index in [0.717, 1.165) is 17.7 Å². The molecule has 0 heterocycles. The van der Waals surface area contributed by atoms with Gasteiger partial charge in [0.1, 0.15) is 0 Å². The predicted molar refractivity (Wildman–Crippen MR) is 115 cm³/mol. The Kier molecular flexibility index (Phi) is 6.82. The molecule has 0 saturated heterocycles. The Bertz CT molecular complexity index is 873. The van der Waals surface area contributed by atoms with Crippen LogP contribution in [-0.2, 0) is 21.3 Å². The minimum absolute atomic E-state index is 0.00791. The van der Waals surface area contributed by atoms with Gasteiger partial charge in [-0.25, -0.2) is 0 Å². The standard InChI is InChI=1S/C22H30O3S2/c1-15(2)19-7-9-20(10-8-19)22(5,6)26-12-11-18-13-16(3)21(17(4)14-18)27(23,24)25/h7-10,13-15H,11-12H2,1-6H3,(H,23,24,25). The molecule has 27 heavy (non-hydrogen) atoms. The summed E-state index contributed by atoms with van der Waals surface area (Å²) < 4.78 is 32.4. The van der Waals surface area contributed by atoms with Crippen LogP contribution in [0.15, 0.2) is 41.3 Å². The molecule has 0 fully saturated rings. The summed E-state index contributed by atoms with van der Waals surface area (Å²) >= 11 is 1.89. The third-order valence-electron chi connectivity index (χ3n) is 4.90. The summed E-state index contributed by atoms with van der Waals surface area (Å²) in [5.41, 5.74) is 4.95. The number of hydrogen-bond acceptors (Lipinski definition) is 3. The molecule has 1 N–H and O–H groups in total. The van der Waals surface area contributed by atoms with Crippen molar-refractivity contribution in [1.29, 1.82) is 0 Å². The van der Waals surface area contributed by atoms with Crippen molar-refractivity contribution in [2.75, 3.05) is 5.75 Å². The molecular formula is C22H30O3S2. The van der Waals surface area contributed by atoms with Crippen molar-refractivity contribution in [3.8, 4) is 0 Å². The first kappa shape index (κ1) is 22.0. The molecule has 0 saturated carbocycles. The fourth-order valence-corrected chi connectivity index (χ4v) is 5.45. The monoisotopic (exact) mass is 406 g/mol. The maximum Gasteiger partial charge on any atom is 0.295 e. The van der Waals surface area contributed by atoms with E-state index in [2.05, 4.69) is 52.0 Å². The maximum atomic E-state index is 11.5. The molecule has 2 aromatic carbocycles. The Hall–Kier alpha value is -1.30. The second kappa shape index (κ2) is 8.38. The number of thioether (sulfide) groups is 1. The molecule has 0 amide bonds. The minimum atomic E-state index is -4.18. The Morgan fingerprint density at radius 2 is 1.56 bits per heavy atom. The van der Waals surface area contributed by atoms with Crippen LogP contribution < -0.4 is 0 Å². The Balaban J connectivity index is 2.07. The van der Waals surface area contributed by atoms with Gasteiger partial charge in [0.25, 0.3) is 10.1 Å². The molecule has 0 aliphatic heterocycles. The summed E-state index contributed by atoms with van der Waals surface area (Å²) in [4.78, 5) is 0.0319. The summed E-state index contributed by atoms with van der Waals surface area (Å²) in [6, 6.07) is 12.6. The average Bonchev–Trinajstić information content (AvgIpc) is 2.52. The zero-order valence-corrected chi connectivity index (χ0v) is 18.7. The van der Waals surface area contributed by atoms with E-state index in [1.807, 2.05) is 23.9 Å². The highest BCUT2D eigenvalue weighted by Crippen LogP contribution is 2.36. The van der Waals surface area contributed by atoms with Crippen molar-refractivity contribution in [3.05, 3.63) is 64.2 Å². The molecule has 148 valence electrons. The molecule has 0 unspecified atom stereocenters. The third kappa shape index (κ3) is 5.59. The lowest BCUT2D eigenvalue weighted by Gasteiger charge is -2.25. The van der Waals surface area contributed by atoms with Gasteiger partial charge >= 0.3 is 0 Å². The number of aryl methyl sites for hydroxylation is 3. The number of hydrogen-bond donors (Lipinski definition) is 1. The smallest absolute Gasteiger partial charge is 0.282 e. The zero-order valence-electron chi connectivity index (χ0n) is 17.0. The van der Waals surface area contributed by atoms with E-state index in [1.165, 1.54) is 11.1 Å². The van der Waals surface area contributed by atoms with Gasteiger partial charge in [0.15, 0.2) is 0 Å². The SMILES string of the molecule is Cc1cc(CCSC(C)(C)c2ccc(C(C)C)cc2)cc(C)c1S(=O)(=O)O. The van der Waals surface area contributed by atoms with E-state index < -0.39 is 10.1 Å². The fourth-order valence-electron chi connectivity index (χ4n) is 3.37. The van der Waals surface area contributed by atoms with E-state index in [4.69, 9.17) is 0 Å². The van der Waals surface area contributed by atoms with Gasteiger partial charge in [-0.3, -0.25) is 4.55 Å². The molecule has 0 atom stereocenters. The van der Waals surface area contributed by atoms with E-state index in [9.17, 15) is 13.0 Å². The predicted octanol–water partition coefficient (Wildman–Crippen LogP) is 5.88. The van der Waals surface area contributed by atoms with Crippen molar-refractivity contribution in [2.24, 2.45) is 0 Å². The minimum Gasteiger partial charge on any atom is -0.282 e. The lowest BCUT2D eigenvalue weighted by atomic mass is 9.97. The fraction of sp³-hybridized carbons (Fsp3) is 0.455. The number of benzene rings is 2. The number of rotatable bonds is 7. The van der Waals surface area contributed by atoms with E-state index in [0.29, 0.717) is 17.0 Å². The molecule has 5 heteroatoms. The summed E-state index contributed by atoms with van der Waals surface area (Å²) in [6.07, 6.45) is 0.853. The van der Waals surface area contributed by atoms with Crippen LogP contribution >= 0.6 is 11.8 Å². The second-order valence-electron chi connectivity index (χ2n) is 7.92. The van der Waals surface area contributed by atoms with Crippen molar-refractivity contribution in [3.63, 3.8) is 0 Å². The van der Waals surface area contributed by atoms with Gasteiger partial charge in [0, 0.05) is 4.75 Å². The first-order valence-electron chi connectivity index (χ1n) is 9.24. The molecular weight excluding hydrogens is 376 g/mol. The lowest BCUT2D eigenvalue weighted by molar-refractivity contribution is 0.482. The third-order valence-corrected chi connectivity index (χ3v) is 7.43. The van der Waals surface area contributed by atoms with E-state index in [1.54, 1.807) is 13.8 Å². The van der Waals surface area contributed by atoms with Gasteiger partial charge < -0.3 is 0 Å². The highest BCUT2D eigenvalue weighted by atomic mass is 32.2. The van der Waals surface area contributed by atoms with Crippen molar-refractivity contribution < 1.29 is 13.0 Å². The van der Waals surface area contributed by atoms with Crippen molar-refractivity contribution in [2.45, 2.75) is 63.5 Å². The molecule has 2 rings (SSSR count). The highest BCUT2D eigenvalue weighted by molar-refractivity contribution is 8.00. The van der Waals surface area contributed by atoms with Crippen LogP contribution in [0.5, 0.6) is 0 Å². The molecule has 0 spiro atoms. The largest absolute Gasteiger partial charge is 0.295 e. The van der Waals surface area contributed by atoms with Gasteiger partial charge in [-0.2, -0.15) is 20.2 Å². The van der Waals surface area contributed by atoms with Crippen molar-refractivity contribution >= 4 is 21.9 Å². The average molecular weight is 407 g/mol. The molecule has 3 nitrogen and oxygen atoms in total. The lowest BCUT2D eigenvalue weighted by Crippen LogP contribution is -2.13. The second-order valence-corrected chi connectivity index (χ2v) is 11.0. The first-order valence-corrected chi connectivity index (χ1v) is 11.7. The van der Waals surface area contributed by atoms with Gasteiger partial charge in [-0.1, -0.05) is 50.2 Å². The molecule has 0 radical (unpaired) electrons. The topological polar surface area (TPSA) is 54.4 Å². The van der Waals surface area contributed by atoms with E-state index in [-0.39, 0.29) is 9.64 Å². The zero-order chi connectivity index (χ0) is 20.4. The Morgan fingerprint density at radius 1 is 1.04 bits per heavy atom. The normalized spacial score (nSPS) is 12.6. The maximum absolute atomic E-state index is 11.5. The van der Waals surface area contributed by atoms with Gasteiger partial charge in [0.2, 0.25) is 0 Å². The molecule has 0 aliphatic carbocycles. The summed E-state index contributed by atoms with van der Waals surface area (Å²) in [6.45, 7) is 12.3. The van der Waals surface area contributed by atoms with Crippen LogP contribution in [0.1, 0.15) is 61.4 Å². The quantitative estimate of drug-likeness (QED) is 0.583. The van der Waals surface area contributed by atoms with E-state index >= 15 is 0 Å². The van der Waals surface area contributed by atoms with Gasteiger partial charge in [0.05, 0.1) is 4.90 Å². The molecule has 0 aliphatic rings. The Morgan fingerprint density at radius 3 is 2.00 bits per heavy atom. The van der Waals surface area contributed by atoms with Crippen LogP contribution in [-0.4, -0.2) is 18.7 Å². The van der Waals surface area contributed by atoms with Crippen molar-refractivity contribution in [1.82, 2.24) is 0 Å².